The zero-order chi connectivity index (χ0) is 12.2. The molecule has 0 saturated carbocycles. The molecule has 0 atom stereocenters. The zero-order valence-electron chi connectivity index (χ0n) is 11.5. The predicted octanol–water partition coefficient (Wildman–Crippen LogP) is 4.84. The third-order valence-corrected chi connectivity index (χ3v) is 3.77. The lowest BCUT2D eigenvalue weighted by Crippen LogP contribution is -2.20. The van der Waals surface area contributed by atoms with Crippen LogP contribution in [-0.4, -0.2) is 7.11 Å². The molecule has 0 heterocycles. The second kappa shape index (κ2) is 5.56. The van der Waals surface area contributed by atoms with E-state index in [1.54, 1.807) is 18.3 Å². The molecule has 1 aliphatic carbocycles. The van der Waals surface area contributed by atoms with Crippen molar-refractivity contribution in [3.63, 3.8) is 0 Å². The number of allylic oxidation sites excluding steroid dienone is 3. The summed E-state index contributed by atoms with van der Waals surface area (Å²) in [6.45, 7) is 9.24. The summed E-state index contributed by atoms with van der Waals surface area (Å²) in [4.78, 5) is 0. The topological polar surface area (TPSA) is 9.23 Å². The molecule has 0 aromatic carbocycles. The van der Waals surface area contributed by atoms with Crippen LogP contribution in [0.25, 0.3) is 0 Å². The summed E-state index contributed by atoms with van der Waals surface area (Å²) in [5, 5.41) is 0. The smallest absolute Gasteiger partial charge is 0.0813 e. The molecule has 0 radical (unpaired) electrons. The number of hydrogen-bond acceptors (Lipinski definition) is 1. The number of rotatable bonds is 4. The van der Waals surface area contributed by atoms with E-state index in [9.17, 15) is 0 Å². The van der Waals surface area contributed by atoms with Gasteiger partial charge >= 0.3 is 0 Å². The normalized spacial score (nSPS) is 21.2. The van der Waals surface area contributed by atoms with Crippen molar-refractivity contribution < 1.29 is 4.74 Å². The van der Waals surface area contributed by atoms with Gasteiger partial charge in [0.05, 0.1) is 13.4 Å². The maximum atomic E-state index is 5.04. The van der Waals surface area contributed by atoms with Gasteiger partial charge in [0.25, 0.3) is 0 Å². The van der Waals surface area contributed by atoms with Crippen molar-refractivity contribution in [3.8, 4) is 0 Å². The number of hydrogen-bond donors (Lipinski definition) is 0. The van der Waals surface area contributed by atoms with Gasteiger partial charge in [0, 0.05) is 0 Å². The Balaban J connectivity index is 2.67. The minimum atomic E-state index is 0.412. The van der Waals surface area contributed by atoms with Gasteiger partial charge in [-0.05, 0) is 56.9 Å². The highest BCUT2D eigenvalue weighted by molar-refractivity contribution is 5.23. The third-order valence-electron chi connectivity index (χ3n) is 3.77. The van der Waals surface area contributed by atoms with Crippen molar-refractivity contribution >= 4 is 0 Å². The van der Waals surface area contributed by atoms with Crippen molar-refractivity contribution in [3.05, 3.63) is 23.0 Å². The molecule has 0 spiro atoms. The molecule has 92 valence electrons. The van der Waals surface area contributed by atoms with E-state index in [1.165, 1.54) is 31.3 Å². The van der Waals surface area contributed by atoms with Gasteiger partial charge in [0.2, 0.25) is 0 Å². The molecule has 0 N–H and O–H groups in total. The molecule has 0 bridgehead atoms. The SMILES string of the molecule is CO/C=C(/C)CCC1=C(C)CCCC1(C)C. The quantitative estimate of drug-likeness (QED) is 0.488. The summed E-state index contributed by atoms with van der Waals surface area (Å²) >= 11 is 0. The first-order chi connectivity index (χ1) is 7.47. The summed E-state index contributed by atoms with van der Waals surface area (Å²) in [5.74, 6) is 0. The summed E-state index contributed by atoms with van der Waals surface area (Å²) in [7, 11) is 1.72. The Hall–Kier alpha value is -0.720. The minimum absolute atomic E-state index is 0.412. The lowest BCUT2D eigenvalue weighted by atomic mass is 9.71. The highest BCUT2D eigenvalue weighted by atomic mass is 16.5. The van der Waals surface area contributed by atoms with Gasteiger partial charge in [-0.25, -0.2) is 0 Å². The fourth-order valence-corrected chi connectivity index (χ4v) is 2.81. The van der Waals surface area contributed by atoms with Crippen LogP contribution in [0.2, 0.25) is 0 Å². The molecule has 0 amide bonds. The Bertz CT molecular complexity index is 295. The first-order valence-electron chi connectivity index (χ1n) is 6.35. The van der Waals surface area contributed by atoms with Crippen LogP contribution in [0.5, 0.6) is 0 Å². The van der Waals surface area contributed by atoms with Crippen molar-refractivity contribution in [1.82, 2.24) is 0 Å². The van der Waals surface area contributed by atoms with E-state index in [0.717, 1.165) is 6.42 Å². The van der Waals surface area contributed by atoms with E-state index < -0.39 is 0 Å². The molecule has 1 aliphatic rings. The third kappa shape index (κ3) is 3.40. The lowest BCUT2D eigenvalue weighted by Gasteiger charge is -2.34. The Morgan fingerprint density at radius 2 is 2.12 bits per heavy atom. The van der Waals surface area contributed by atoms with Crippen LogP contribution < -0.4 is 0 Å². The average Bonchev–Trinajstić information content (AvgIpc) is 2.16. The van der Waals surface area contributed by atoms with Crippen molar-refractivity contribution in [2.24, 2.45) is 5.41 Å². The Morgan fingerprint density at radius 3 is 2.69 bits per heavy atom. The van der Waals surface area contributed by atoms with E-state index in [2.05, 4.69) is 27.7 Å². The van der Waals surface area contributed by atoms with E-state index in [1.807, 2.05) is 6.26 Å². The fourth-order valence-electron chi connectivity index (χ4n) is 2.81. The van der Waals surface area contributed by atoms with E-state index in [0.29, 0.717) is 5.41 Å². The van der Waals surface area contributed by atoms with Crippen molar-refractivity contribution in [1.29, 1.82) is 0 Å². The predicted molar refractivity (Wildman–Crippen MR) is 70.3 cm³/mol. The fraction of sp³-hybridized carbons (Fsp3) is 0.733. The van der Waals surface area contributed by atoms with E-state index in [4.69, 9.17) is 4.74 Å². The monoisotopic (exact) mass is 222 g/mol. The van der Waals surface area contributed by atoms with Crippen LogP contribution >= 0.6 is 0 Å². The lowest BCUT2D eigenvalue weighted by molar-refractivity contribution is 0.330. The molecule has 0 aliphatic heterocycles. The van der Waals surface area contributed by atoms with Gasteiger partial charge in [-0.1, -0.05) is 25.0 Å². The molecule has 1 heteroatoms. The highest BCUT2D eigenvalue weighted by Gasteiger charge is 2.27. The molecule has 0 aromatic rings. The maximum Gasteiger partial charge on any atom is 0.0813 e. The first-order valence-corrected chi connectivity index (χ1v) is 6.35. The van der Waals surface area contributed by atoms with Crippen LogP contribution in [-0.2, 0) is 4.74 Å². The molecular formula is C15H26O. The van der Waals surface area contributed by atoms with Gasteiger partial charge < -0.3 is 4.74 Å². The Morgan fingerprint density at radius 1 is 1.44 bits per heavy atom. The van der Waals surface area contributed by atoms with Crippen molar-refractivity contribution in [2.75, 3.05) is 7.11 Å². The Labute approximate surface area is 101 Å². The average molecular weight is 222 g/mol. The molecule has 0 fully saturated rings. The largest absolute Gasteiger partial charge is 0.504 e. The first kappa shape index (κ1) is 13.3. The van der Waals surface area contributed by atoms with Gasteiger partial charge in [-0.3, -0.25) is 0 Å². The van der Waals surface area contributed by atoms with Gasteiger partial charge in [-0.15, -0.1) is 0 Å². The summed E-state index contributed by atoms with van der Waals surface area (Å²) in [6.07, 6.45) is 8.19. The zero-order valence-corrected chi connectivity index (χ0v) is 11.5. The summed E-state index contributed by atoms with van der Waals surface area (Å²) in [6, 6.07) is 0. The summed E-state index contributed by atoms with van der Waals surface area (Å²) < 4.78 is 5.04. The molecule has 0 aromatic heterocycles. The second-order valence-corrected chi connectivity index (χ2v) is 5.70. The van der Waals surface area contributed by atoms with Crippen LogP contribution in [0.15, 0.2) is 23.0 Å². The van der Waals surface area contributed by atoms with E-state index >= 15 is 0 Å². The minimum Gasteiger partial charge on any atom is -0.504 e. The van der Waals surface area contributed by atoms with Crippen LogP contribution in [0.4, 0.5) is 0 Å². The highest BCUT2D eigenvalue weighted by Crippen LogP contribution is 2.42. The van der Waals surface area contributed by atoms with E-state index in [-0.39, 0.29) is 0 Å². The molecule has 0 saturated heterocycles. The Kier molecular flexibility index (Phi) is 4.64. The molecular weight excluding hydrogens is 196 g/mol. The van der Waals surface area contributed by atoms with Crippen LogP contribution in [0.1, 0.15) is 59.8 Å². The van der Waals surface area contributed by atoms with Crippen LogP contribution in [0.3, 0.4) is 0 Å². The van der Waals surface area contributed by atoms with Gasteiger partial charge in [0.1, 0.15) is 0 Å². The maximum absolute atomic E-state index is 5.04. The molecule has 16 heavy (non-hydrogen) atoms. The number of methoxy groups -OCH3 is 1. The van der Waals surface area contributed by atoms with Crippen molar-refractivity contribution in [2.45, 2.75) is 59.8 Å². The summed E-state index contributed by atoms with van der Waals surface area (Å²) in [5.41, 5.74) is 5.06. The molecule has 1 nitrogen and oxygen atoms in total. The van der Waals surface area contributed by atoms with Gasteiger partial charge in [-0.2, -0.15) is 0 Å². The number of ether oxygens (including phenoxy) is 1. The van der Waals surface area contributed by atoms with Gasteiger partial charge in [0.15, 0.2) is 0 Å². The van der Waals surface area contributed by atoms with Crippen LogP contribution in [0, 0.1) is 5.41 Å². The standard InChI is InChI=1S/C15H26O/c1-12(11-16-5)8-9-14-13(2)7-6-10-15(14,3)4/h11H,6-10H2,1-5H3/b12-11-. The molecule has 0 unspecified atom stereocenters. The second-order valence-electron chi connectivity index (χ2n) is 5.70. The molecule has 1 rings (SSSR count).